The van der Waals surface area contributed by atoms with Gasteiger partial charge >= 0.3 is 0 Å². The van der Waals surface area contributed by atoms with Crippen LogP contribution in [0.25, 0.3) is 0 Å². The van der Waals surface area contributed by atoms with Crippen LogP contribution in [0.1, 0.15) is 44.2 Å². The zero-order chi connectivity index (χ0) is 12.0. The summed E-state index contributed by atoms with van der Waals surface area (Å²) in [5.41, 5.74) is 0. The van der Waals surface area contributed by atoms with Crippen molar-refractivity contribution < 1.29 is 9.32 Å². The molecule has 1 aromatic heterocycles. The summed E-state index contributed by atoms with van der Waals surface area (Å²) >= 11 is 0. The first kappa shape index (κ1) is 12.7. The average molecular weight is 224 g/mol. The molecule has 1 fully saturated rings. The van der Waals surface area contributed by atoms with Crippen molar-refractivity contribution in [2.75, 3.05) is 13.1 Å². The van der Waals surface area contributed by atoms with Crippen LogP contribution < -0.4 is 0 Å². The summed E-state index contributed by atoms with van der Waals surface area (Å²) in [6.07, 6.45) is 3.67. The fraction of sp³-hybridized carbons (Fsp3) is 0.667. The van der Waals surface area contributed by atoms with Crippen molar-refractivity contribution in [3.63, 3.8) is 0 Å². The summed E-state index contributed by atoms with van der Waals surface area (Å²) in [5, 5.41) is 3.53. The number of piperidine rings is 1. The molecule has 1 aromatic rings. The number of carbonyl (C=O) groups is 1. The Morgan fingerprint density at radius 3 is 2.56 bits per heavy atom. The smallest absolute Gasteiger partial charge is 0.292 e. The number of aromatic nitrogens is 1. The maximum absolute atomic E-state index is 11.8. The molecule has 0 N–H and O–H groups in total. The van der Waals surface area contributed by atoms with E-state index in [0.29, 0.717) is 5.76 Å². The molecule has 0 saturated carbocycles. The molecule has 0 aliphatic carbocycles. The van der Waals surface area contributed by atoms with Gasteiger partial charge in [-0.2, -0.15) is 0 Å². The number of amides is 1. The highest BCUT2D eigenvalue weighted by Crippen LogP contribution is 2.17. The van der Waals surface area contributed by atoms with Gasteiger partial charge < -0.3 is 9.42 Å². The molecule has 4 nitrogen and oxygen atoms in total. The van der Waals surface area contributed by atoms with E-state index in [1.54, 1.807) is 6.07 Å². The Morgan fingerprint density at radius 1 is 1.44 bits per heavy atom. The molecule has 90 valence electrons. The molecule has 1 aliphatic rings. The quantitative estimate of drug-likeness (QED) is 0.736. The van der Waals surface area contributed by atoms with Crippen LogP contribution in [0.3, 0.4) is 0 Å². The first-order valence-electron chi connectivity index (χ1n) is 5.97. The topological polar surface area (TPSA) is 46.3 Å². The fourth-order valence-electron chi connectivity index (χ4n) is 1.69. The molecule has 16 heavy (non-hydrogen) atoms. The summed E-state index contributed by atoms with van der Waals surface area (Å²) in [6, 6.07) is 1.61. The van der Waals surface area contributed by atoms with Crippen LogP contribution in [-0.4, -0.2) is 29.1 Å². The van der Waals surface area contributed by atoms with Crippen molar-refractivity contribution in [2.24, 2.45) is 5.92 Å². The van der Waals surface area contributed by atoms with Crippen LogP contribution >= 0.6 is 0 Å². The number of nitrogens with zero attached hydrogens (tertiary/aromatic N) is 2. The van der Waals surface area contributed by atoms with E-state index in [-0.39, 0.29) is 5.91 Å². The molecular formula is C12H20N2O2. The van der Waals surface area contributed by atoms with Gasteiger partial charge in [-0.15, -0.1) is 0 Å². The van der Waals surface area contributed by atoms with Gasteiger partial charge in [0.05, 0.1) is 6.20 Å². The summed E-state index contributed by atoms with van der Waals surface area (Å²) in [5.74, 6) is 1.04. The number of hydrogen-bond acceptors (Lipinski definition) is 3. The van der Waals surface area contributed by atoms with Gasteiger partial charge in [0.15, 0.2) is 0 Å². The van der Waals surface area contributed by atoms with E-state index in [9.17, 15) is 4.79 Å². The molecule has 0 unspecified atom stereocenters. The van der Waals surface area contributed by atoms with Crippen LogP contribution in [0.15, 0.2) is 16.8 Å². The molecule has 2 heterocycles. The summed E-state index contributed by atoms with van der Waals surface area (Å²) in [4.78, 5) is 13.6. The van der Waals surface area contributed by atoms with Crippen LogP contribution in [-0.2, 0) is 0 Å². The van der Waals surface area contributed by atoms with Crippen molar-refractivity contribution in [3.05, 3.63) is 18.0 Å². The maximum Gasteiger partial charge on any atom is 0.292 e. The SMILES string of the molecule is CC.CC1CCN(C(=O)c2ccno2)CC1. The Hall–Kier alpha value is -1.32. The van der Waals surface area contributed by atoms with Crippen LogP contribution in [0, 0.1) is 5.92 Å². The lowest BCUT2D eigenvalue weighted by atomic mass is 9.99. The zero-order valence-electron chi connectivity index (χ0n) is 10.3. The molecular weight excluding hydrogens is 204 g/mol. The Labute approximate surface area is 96.6 Å². The standard InChI is InChI=1S/C10H14N2O2.C2H6/c1-8-3-6-12(7-4-8)10(13)9-2-5-11-14-9;1-2/h2,5,8H,3-4,6-7H2,1H3;1-2H3. The average Bonchev–Trinajstić information content (AvgIpc) is 2.85. The second kappa shape index (κ2) is 6.30. The minimum atomic E-state index is -0.0330. The first-order chi connectivity index (χ1) is 7.77. The van der Waals surface area contributed by atoms with Crippen LogP contribution in [0.4, 0.5) is 0 Å². The number of hydrogen-bond donors (Lipinski definition) is 0. The van der Waals surface area contributed by atoms with Gasteiger partial charge in [0.25, 0.3) is 5.91 Å². The molecule has 1 saturated heterocycles. The Balaban J connectivity index is 0.000000606. The third-order valence-corrected chi connectivity index (χ3v) is 2.72. The van der Waals surface area contributed by atoms with Crippen molar-refractivity contribution in [2.45, 2.75) is 33.6 Å². The lowest BCUT2D eigenvalue weighted by Gasteiger charge is -2.29. The van der Waals surface area contributed by atoms with Gasteiger partial charge in [-0.05, 0) is 18.8 Å². The van der Waals surface area contributed by atoms with E-state index < -0.39 is 0 Å². The van der Waals surface area contributed by atoms with Gasteiger partial charge in [-0.3, -0.25) is 4.79 Å². The van der Waals surface area contributed by atoms with E-state index in [1.807, 2.05) is 18.7 Å². The van der Waals surface area contributed by atoms with Gasteiger partial charge in [-0.1, -0.05) is 25.9 Å². The van der Waals surface area contributed by atoms with Crippen LogP contribution in [0.5, 0.6) is 0 Å². The Bertz CT molecular complexity index is 301. The highest BCUT2D eigenvalue weighted by Gasteiger charge is 2.23. The zero-order valence-corrected chi connectivity index (χ0v) is 10.3. The Kier molecular flexibility index (Phi) is 5.02. The van der Waals surface area contributed by atoms with Crippen LogP contribution in [0.2, 0.25) is 0 Å². The van der Waals surface area contributed by atoms with Crippen molar-refractivity contribution >= 4 is 5.91 Å². The summed E-state index contributed by atoms with van der Waals surface area (Å²) in [6.45, 7) is 7.89. The van der Waals surface area contributed by atoms with E-state index in [4.69, 9.17) is 4.52 Å². The van der Waals surface area contributed by atoms with Crippen molar-refractivity contribution in [3.8, 4) is 0 Å². The minimum absolute atomic E-state index is 0.0330. The normalized spacial score (nSPS) is 16.6. The molecule has 1 aliphatic heterocycles. The lowest BCUT2D eigenvalue weighted by Crippen LogP contribution is -2.37. The summed E-state index contributed by atoms with van der Waals surface area (Å²) in [7, 11) is 0. The minimum Gasteiger partial charge on any atom is -0.351 e. The molecule has 0 spiro atoms. The predicted octanol–water partition coefficient (Wildman–Crippen LogP) is 2.57. The number of carbonyl (C=O) groups excluding carboxylic acids is 1. The van der Waals surface area contributed by atoms with Gasteiger partial charge in [0.1, 0.15) is 0 Å². The second-order valence-corrected chi connectivity index (χ2v) is 3.85. The van der Waals surface area contributed by atoms with Gasteiger partial charge in [0.2, 0.25) is 5.76 Å². The molecule has 0 bridgehead atoms. The van der Waals surface area contributed by atoms with Gasteiger partial charge in [-0.25, -0.2) is 0 Å². The van der Waals surface area contributed by atoms with E-state index >= 15 is 0 Å². The largest absolute Gasteiger partial charge is 0.351 e. The van der Waals surface area contributed by atoms with Gasteiger partial charge in [0, 0.05) is 19.2 Å². The monoisotopic (exact) mass is 224 g/mol. The molecule has 4 heteroatoms. The molecule has 2 rings (SSSR count). The highest BCUT2D eigenvalue weighted by atomic mass is 16.5. The fourth-order valence-corrected chi connectivity index (χ4v) is 1.69. The number of likely N-dealkylation sites (tertiary alicyclic amines) is 1. The molecule has 0 radical (unpaired) electrons. The molecule has 0 atom stereocenters. The molecule has 0 aromatic carbocycles. The third-order valence-electron chi connectivity index (χ3n) is 2.72. The first-order valence-corrected chi connectivity index (χ1v) is 5.97. The third kappa shape index (κ3) is 3.08. The van der Waals surface area contributed by atoms with Crippen molar-refractivity contribution in [1.29, 1.82) is 0 Å². The number of rotatable bonds is 1. The van der Waals surface area contributed by atoms with E-state index in [1.165, 1.54) is 6.20 Å². The highest BCUT2D eigenvalue weighted by molar-refractivity contribution is 5.91. The Morgan fingerprint density at radius 2 is 2.06 bits per heavy atom. The maximum atomic E-state index is 11.8. The van der Waals surface area contributed by atoms with E-state index in [0.717, 1.165) is 31.8 Å². The second-order valence-electron chi connectivity index (χ2n) is 3.85. The van der Waals surface area contributed by atoms with Crippen molar-refractivity contribution in [1.82, 2.24) is 10.1 Å². The lowest BCUT2D eigenvalue weighted by molar-refractivity contribution is 0.0655. The van der Waals surface area contributed by atoms with E-state index in [2.05, 4.69) is 12.1 Å². The predicted molar refractivity (Wildman–Crippen MR) is 62.2 cm³/mol. The molecule has 1 amide bonds. The summed E-state index contributed by atoms with van der Waals surface area (Å²) < 4.78 is 4.83.